The van der Waals surface area contributed by atoms with Gasteiger partial charge in [-0.1, -0.05) is 0 Å². The van der Waals surface area contributed by atoms with Gasteiger partial charge in [0.05, 0.1) is 0 Å². The van der Waals surface area contributed by atoms with Crippen molar-refractivity contribution in [2.24, 2.45) is 0 Å². The smallest absolute Gasteiger partial charge is 0.270 e. The number of nitrogens with two attached hydrogens (primary N) is 1. The van der Waals surface area contributed by atoms with E-state index in [4.69, 9.17) is 5.73 Å². The monoisotopic (exact) mass is 248 g/mol. The first kappa shape index (κ1) is 12.8. The minimum atomic E-state index is -0.135. The number of aromatic nitrogens is 1. The van der Waals surface area contributed by atoms with Gasteiger partial charge in [-0.2, -0.15) is 0 Å². The number of nitrogen functional groups attached to an aromatic ring is 1. The lowest BCUT2D eigenvalue weighted by Gasteiger charge is -2.35. The summed E-state index contributed by atoms with van der Waals surface area (Å²) < 4.78 is 0. The van der Waals surface area contributed by atoms with Crippen molar-refractivity contribution in [2.75, 3.05) is 19.3 Å². The zero-order valence-electron chi connectivity index (χ0n) is 10.9. The van der Waals surface area contributed by atoms with Gasteiger partial charge in [-0.3, -0.25) is 9.78 Å². The van der Waals surface area contributed by atoms with Crippen LogP contribution < -0.4 is 11.1 Å². The molecule has 2 rings (SSSR count). The molecule has 2 heterocycles. The van der Waals surface area contributed by atoms with Gasteiger partial charge in [0.2, 0.25) is 0 Å². The molecule has 1 aromatic rings. The van der Waals surface area contributed by atoms with Crippen LogP contribution >= 0.6 is 0 Å². The van der Waals surface area contributed by atoms with E-state index < -0.39 is 0 Å². The van der Waals surface area contributed by atoms with Crippen LogP contribution in [0.15, 0.2) is 18.3 Å². The predicted octanol–water partition coefficient (Wildman–Crippen LogP) is 0.876. The summed E-state index contributed by atoms with van der Waals surface area (Å²) in [6, 6.07) is 4.01. The molecule has 2 unspecified atom stereocenters. The van der Waals surface area contributed by atoms with Crippen molar-refractivity contribution in [3.63, 3.8) is 0 Å². The van der Waals surface area contributed by atoms with E-state index in [0.29, 0.717) is 17.4 Å². The summed E-state index contributed by atoms with van der Waals surface area (Å²) in [7, 11) is 2.11. The minimum Gasteiger partial charge on any atom is -0.399 e. The second kappa shape index (κ2) is 5.35. The van der Waals surface area contributed by atoms with Gasteiger partial charge >= 0.3 is 0 Å². The molecule has 98 valence electrons. The molecule has 18 heavy (non-hydrogen) atoms. The average molecular weight is 248 g/mol. The number of rotatable bonds is 2. The van der Waals surface area contributed by atoms with Gasteiger partial charge in [0.15, 0.2) is 0 Å². The number of anilines is 1. The molecule has 1 aliphatic rings. The van der Waals surface area contributed by atoms with Gasteiger partial charge in [-0.05, 0) is 38.9 Å². The van der Waals surface area contributed by atoms with E-state index in [9.17, 15) is 4.79 Å². The van der Waals surface area contributed by atoms with Crippen LogP contribution in [0.25, 0.3) is 0 Å². The highest BCUT2D eigenvalue weighted by atomic mass is 16.1. The van der Waals surface area contributed by atoms with Crippen molar-refractivity contribution in [1.29, 1.82) is 0 Å². The molecule has 1 aliphatic heterocycles. The van der Waals surface area contributed by atoms with Crippen LogP contribution in [0.3, 0.4) is 0 Å². The third-order valence-electron chi connectivity index (χ3n) is 3.56. The molecule has 1 amide bonds. The zero-order chi connectivity index (χ0) is 13.1. The number of hydrogen-bond acceptors (Lipinski definition) is 4. The number of pyridine rings is 1. The number of piperidine rings is 1. The summed E-state index contributed by atoms with van der Waals surface area (Å²) in [5, 5.41) is 3.03. The Morgan fingerprint density at radius 1 is 1.61 bits per heavy atom. The van der Waals surface area contributed by atoms with Crippen LogP contribution in [0.5, 0.6) is 0 Å². The van der Waals surface area contributed by atoms with E-state index >= 15 is 0 Å². The Labute approximate surface area is 107 Å². The van der Waals surface area contributed by atoms with E-state index in [2.05, 4.69) is 29.2 Å². The van der Waals surface area contributed by atoms with Gasteiger partial charge < -0.3 is 16.0 Å². The van der Waals surface area contributed by atoms with Crippen molar-refractivity contribution in [3.8, 4) is 0 Å². The third-order valence-corrected chi connectivity index (χ3v) is 3.56. The molecule has 0 spiro atoms. The molecule has 1 fully saturated rings. The van der Waals surface area contributed by atoms with E-state index in [1.54, 1.807) is 18.3 Å². The lowest BCUT2D eigenvalue weighted by Crippen LogP contribution is -2.47. The highest BCUT2D eigenvalue weighted by molar-refractivity contribution is 5.93. The Kier molecular flexibility index (Phi) is 3.81. The molecule has 3 N–H and O–H groups in total. The summed E-state index contributed by atoms with van der Waals surface area (Å²) in [5.41, 5.74) is 6.60. The average Bonchev–Trinajstić information content (AvgIpc) is 2.34. The zero-order valence-corrected chi connectivity index (χ0v) is 10.9. The maximum absolute atomic E-state index is 12.0. The lowest BCUT2D eigenvalue weighted by atomic mass is 9.99. The fourth-order valence-electron chi connectivity index (χ4n) is 2.25. The maximum Gasteiger partial charge on any atom is 0.270 e. The summed E-state index contributed by atoms with van der Waals surface area (Å²) in [6.45, 7) is 3.19. The van der Waals surface area contributed by atoms with Crippen LogP contribution in [0.2, 0.25) is 0 Å². The fourth-order valence-corrected chi connectivity index (χ4v) is 2.25. The van der Waals surface area contributed by atoms with Gasteiger partial charge in [0.25, 0.3) is 5.91 Å². The summed E-state index contributed by atoms with van der Waals surface area (Å²) in [5.74, 6) is -0.135. The number of nitrogens with one attached hydrogen (secondary N) is 1. The van der Waals surface area contributed by atoms with Crippen LogP contribution in [0.4, 0.5) is 5.69 Å². The molecular formula is C13H20N4O. The fraction of sp³-hybridized carbons (Fsp3) is 0.538. The standard InChI is InChI=1S/C13H20N4O/c1-9-7-11(4-6-17(9)2)16-13(18)12-8-10(14)3-5-15-12/h3,5,8-9,11H,4,6-7H2,1-2H3,(H2,14,15)(H,16,18). The van der Waals surface area contributed by atoms with Crippen LogP contribution in [-0.4, -0.2) is 41.5 Å². The lowest BCUT2D eigenvalue weighted by molar-refractivity contribution is 0.0891. The highest BCUT2D eigenvalue weighted by Gasteiger charge is 2.24. The largest absolute Gasteiger partial charge is 0.399 e. The number of hydrogen-bond donors (Lipinski definition) is 2. The van der Waals surface area contributed by atoms with Crippen LogP contribution in [-0.2, 0) is 0 Å². The molecule has 0 radical (unpaired) electrons. The minimum absolute atomic E-state index is 0.135. The molecule has 2 atom stereocenters. The van der Waals surface area contributed by atoms with Crippen molar-refractivity contribution in [2.45, 2.75) is 31.8 Å². The number of likely N-dealkylation sites (tertiary alicyclic amines) is 1. The number of nitrogens with zero attached hydrogens (tertiary/aromatic N) is 2. The maximum atomic E-state index is 12.0. The Balaban J connectivity index is 1.96. The van der Waals surface area contributed by atoms with Crippen molar-refractivity contribution < 1.29 is 4.79 Å². The molecule has 5 nitrogen and oxygen atoms in total. The molecule has 1 saturated heterocycles. The van der Waals surface area contributed by atoms with Crippen molar-refractivity contribution in [3.05, 3.63) is 24.0 Å². The molecule has 0 bridgehead atoms. The first-order valence-corrected chi connectivity index (χ1v) is 6.29. The Hall–Kier alpha value is -1.62. The first-order chi connectivity index (χ1) is 8.56. The Morgan fingerprint density at radius 2 is 2.39 bits per heavy atom. The van der Waals surface area contributed by atoms with Gasteiger partial charge in [0.1, 0.15) is 5.69 Å². The number of carbonyl (C=O) groups is 1. The van der Waals surface area contributed by atoms with Crippen LogP contribution in [0, 0.1) is 0 Å². The molecule has 0 aromatic carbocycles. The van der Waals surface area contributed by atoms with Gasteiger partial charge in [-0.15, -0.1) is 0 Å². The second-order valence-corrected chi connectivity index (χ2v) is 5.00. The number of carbonyl (C=O) groups excluding carboxylic acids is 1. The van der Waals surface area contributed by atoms with E-state index in [1.807, 2.05) is 0 Å². The predicted molar refractivity (Wildman–Crippen MR) is 71.2 cm³/mol. The quantitative estimate of drug-likeness (QED) is 0.815. The van der Waals surface area contributed by atoms with E-state index in [-0.39, 0.29) is 11.9 Å². The Bertz CT molecular complexity index is 435. The van der Waals surface area contributed by atoms with Gasteiger partial charge in [-0.25, -0.2) is 0 Å². The highest BCUT2D eigenvalue weighted by Crippen LogP contribution is 2.15. The topological polar surface area (TPSA) is 71.2 Å². The van der Waals surface area contributed by atoms with Crippen LogP contribution in [0.1, 0.15) is 30.3 Å². The first-order valence-electron chi connectivity index (χ1n) is 6.29. The third kappa shape index (κ3) is 2.98. The van der Waals surface area contributed by atoms with Crippen molar-refractivity contribution >= 4 is 11.6 Å². The molecule has 1 aromatic heterocycles. The summed E-state index contributed by atoms with van der Waals surface area (Å²) >= 11 is 0. The normalized spacial score (nSPS) is 24.8. The molecule has 5 heteroatoms. The van der Waals surface area contributed by atoms with Gasteiger partial charge in [0, 0.05) is 30.5 Å². The van der Waals surface area contributed by atoms with Crippen molar-refractivity contribution in [1.82, 2.24) is 15.2 Å². The Morgan fingerprint density at radius 3 is 3.06 bits per heavy atom. The molecule has 0 aliphatic carbocycles. The SMILES string of the molecule is CC1CC(NC(=O)c2cc(N)ccn2)CCN1C. The molecular weight excluding hydrogens is 228 g/mol. The second-order valence-electron chi connectivity index (χ2n) is 5.00. The number of amides is 1. The van der Waals surface area contributed by atoms with E-state index in [1.165, 1.54) is 0 Å². The summed E-state index contributed by atoms with van der Waals surface area (Å²) in [6.07, 6.45) is 3.51. The van der Waals surface area contributed by atoms with E-state index in [0.717, 1.165) is 19.4 Å². The molecule has 0 saturated carbocycles. The summed E-state index contributed by atoms with van der Waals surface area (Å²) in [4.78, 5) is 18.4.